The van der Waals surface area contributed by atoms with Crippen LogP contribution in [0.25, 0.3) is 10.6 Å². The third-order valence-corrected chi connectivity index (χ3v) is 6.97. The molecule has 1 aliphatic heterocycles. The molecule has 0 radical (unpaired) electrons. The summed E-state index contributed by atoms with van der Waals surface area (Å²) >= 11 is 1.12. The van der Waals surface area contributed by atoms with Gasteiger partial charge in [-0.15, -0.1) is 11.3 Å². The van der Waals surface area contributed by atoms with Crippen molar-refractivity contribution in [1.82, 2.24) is 9.71 Å². The van der Waals surface area contributed by atoms with Gasteiger partial charge in [0.05, 0.1) is 17.2 Å². The fraction of sp³-hybridized carbons (Fsp3) is 0.167. The van der Waals surface area contributed by atoms with Gasteiger partial charge in [0.25, 0.3) is 0 Å². The molecule has 3 heterocycles. The molecule has 0 spiro atoms. The molecule has 2 aromatic heterocycles. The van der Waals surface area contributed by atoms with Crippen LogP contribution in [0, 0.1) is 5.82 Å². The Labute approximate surface area is 159 Å². The Bertz CT molecular complexity index is 1070. The van der Waals surface area contributed by atoms with E-state index in [0.717, 1.165) is 16.2 Å². The lowest BCUT2D eigenvalue weighted by Crippen LogP contribution is -2.24. The normalized spacial score (nSPS) is 13.8. The third kappa shape index (κ3) is 3.86. The van der Waals surface area contributed by atoms with E-state index >= 15 is 0 Å². The largest absolute Gasteiger partial charge is 0.467 e. The van der Waals surface area contributed by atoms with Gasteiger partial charge < -0.3 is 9.47 Å². The van der Waals surface area contributed by atoms with E-state index in [-0.39, 0.29) is 24.2 Å². The molecule has 6 nitrogen and oxygen atoms in total. The van der Waals surface area contributed by atoms with Gasteiger partial charge in [-0.05, 0) is 36.4 Å². The molecular weight excluding hydrogens is 391 g/mol. The Morgan fingerprint density at radius 1 is 1.22 bits per heavy atom. The van der Waals surface area contributed by atoms with Crippen LogP contribution in [0.4, 0.5) is 4.39 Å². The quantitative estimate of drug-likeness (QED) is 0.704. The van der Waals surface area contributed by atoms with Crippen LogP contribution in [0.15, 0.2) is 52.9 Å². The van der Waals surface area contributed by atoms with Crippen molar-refractivity contribution in [2.24, 2.45) is 0 Å². The number of ether oxygens (including phenoxy) is 2. The Kier molecular flexibility index (Phi) is 4.92. The molecule has 0 bridgehead atoms. The van der Waals surface area contributed by atoms with E-state index in [2.05, 4.69) is 9.71 Å². The zero-order valence-corrected chi connectivity index (χ0v) is 15.6. The first-order valence-corrected chi connectivity index (χ1v) is 10.4. The second kappa shape index (κ2) is 7.35. The monoisotopic (exact) mass is 406 g/mol. The van der Waals surface area contributed by atoms with Gasteiger partial charge in [0, 0.05) is 23.9 Å². The fourth-order valence-electron chi connectivity index (χ4n) is 2.74. The molecule has 0 saturated carbocycles. The first kappa shape index (κ1) is 18.1. The van der Waals surface area contributed by atoms with Gasteiger partial charge in [0.2, 0.25) is 10.0 Å². The van der Waals surface area contributed by atoms with Crippen LogP contribution in [-0.2, 0) is 27.9 Å². The Morgan fingerprint density at radius 2 is 2.11 bits per heavy atom. The van der Waals surface area contributed by atoms with Crippen molar-refractivity contribution in [3.05, 3.63) is 65.6 Å². The smallest absolute Gasteiger partial charge is 0.250 e. The molecule has 3 aromatic rings. The van der Waals surface area contributed by atoms with Crippen molar-refractivity contribution in [2.75, 3.05) is 6.79 Å². The summed E-state index contributed by atoms with van der Waals surface area (Å²) in [5.74, 6) is -0.00341. The summed E-state index contributed by atoms with van der Waals surface area (Å²) in [5.41, 5.74) is 1.69. The molecule has 27 heavy (non-hydrogen) atoms. The van der Waals surface area contributed by atoms with Crippen molar-refractivity contribution >= 4 is 21.4 Å². The predicted molar refractivity (Wildman–Crippen MR) is 98.3 cm³/mol. The highest BCUT2D eigenvalue weighted by Crippen LogP contribution is 2.31. The van der Waals surface area contributed by atoms with Crippen LogP contribution < -0.4 is 9.46 Å². The highest BCUT2D eigenvalue weighted by Gasteiger charge is 2.21. The standard InChI is InChI=1S/C18H15FN2O4S2/c19-14-7-12(18-13(8-14)10-24-11-25-18)9-21-27(22,23)17-5-4-16(26-17)15-3-1-2-6-20-15/h1-8,21H,9-11H2. The Morgan fingerprint density at radius 3 is 2.93 bits per heavy atom. The van der Waals surface area contributed by atoms with E-state index in [1.54, 1.807) is 18.3 Å². The predicted octanol–water partition coefficient (Wildman–Crippen LogP) is 3.29. The van der Waals surface area contributed by atoms with Crippen LogP contribution in [-0.4, -0.2) is 20.2 Å². The number of fused-ring (bicyclic) bond motifs is 1. The molecule has 140 valence electrons. The lowest BCUT2D eigenvalue weighted by atomic mass is 10.1. The van der Waals surface area contributed by atoms with Gasteiger partial charge >= 0.3 is 0 Å². The summed E-state index contributed by atoms with van der Waals surface area (Å²) in [4.78, 5) is 4.97. The maximum atomic E-state index is 13.8. The third-order valence-electron chi connectivity index (χ3n) is 3.97. The molecule has 1 aromatic carbocycles. The number of hydrogen-bond acceptors (Lipinski definition) is 6. The number of sulfonamides is 1. The number of hydrogen-bond donors (Lipinski definition) is 1. The lowest BCUT2D eigenvalue weighted by molar-refractivity contribution is -0.0172. The molecule has 0 unspecified atom stereocenters. The zero-order chi connectivity index (χ0) is 18.9. The SMILES string of the molecule is O=S(=O)(NCc1cc(F)cc2c1OCOC2)c1ccc(-c2ccccn2)s1. The fourth-order valence-corrected chi connectivity index (χ4v) is 5.08. The van der Waals surface area contributed by atoms with Crippen molar-refractivity contribution in [3.8, 4) is 16.3 Å². The number of nitrogens with one attached hydrogen (secondary N) is 1. The van der Waals surface area contributed by atoms with Gasteiger partial charge in [-0.2, -0.15) is 0 Å². The van der Waals surface area contributed by atoms with Crippen LogP contribution in [0.2, 0.25) is 0 Å². The van der Waals surface area contributed by atoms with E-state index in [1.165, 1.54) is 18.2 Å². The topological polar surface area (TPSA) is 77.5 Å². The van der Waals surface area contributed by atoms with Crippen molar-refractivity contribution in [2.45, 2.75) is 17.4 Å². The Hall–Kier alpha value is -2.33. The highest BCUT2D eigenvalue weighted by molar-refractivity contribution is 7.91. The van der Waals surface area contributed by atoms with Gasteiger partial charge in [-0.3, -0.25) is 4.98 Å². The van der Waals surface area contributed by atoms with Crippen LogP contribution in [0.3, 0.4) is 0 Å². The molecule has 1 N–H and O–H groups in total. The molecule has 0 amide bonds. The number of aromatic nitrogens is 1. The summed E-state index contributed by atoms with van der Waals surface area (Å²) in [5, 5.41) is 0. The first-order valence-electron chi connectivity index (χ1n) is 8.06. The van der Waals surface area contributed by atoms with Crippen molar-refractivity contribution in [3.63, 3.8) is 0 Å². The van der Waals surface area contributed by atoms with Crippen LogP contribution in [0.5, 0.6) is 5.75 Å². The summed E-state index contributed by atoms with van der Waals surface area (Å²) in [6, 6.07) is 11.3. The minimum Gasteiger partial charge on any atom is -0.467 e. The van der Waals surface area contributed by atoms with E-state index in [1.807, 2.05) is 12.1 Å². The second-order valence-corrected chi connectivity index (χ2v) is 8.90. The van der Waals surface area contributed by atoms with Crippen LogP contribution in [0.1, 0.15) is 11.1 Å². The molecule has 4 rings (SSSR count). The number of rotatable bonds is 5. The number of thiophene rings is 1. The molecule has 1 aliphatic rings. The van der Waals surface area contributed by atoms with Crippen molar-refractivity contribution in [1.29, 1.82) is 0 Å². The zero-order valence-electron chi connectivity index (χ0n) is 14.0. The minimum absolute atomic E-state index is 0.0523. The van der Waals surface area contributed by atoms with E-state index in [4.69, 9.17) is 9.47 Å². The second-order valence-electron chi connectivity index (χ2n) is 5.82. The van der Waals surface area contributed by atoms with Gasteiger partial charge in [-0.25, -0.2) is 17.5 Å². The van der Waals surface area contributed by atoms with Gasteiger partial charge in [0.15, 0.2) is 6.79 Å². The summed E-state index contributed by atoms with van der Waals surface area (Å²) < 4.78 is 52.3. The molecule has 0 aliphatic carbocycles. The van der Waals surface area contributed by atoms with Crippen LogP contribution >= 0.6 is 11.3 Å². The molecule has 0 atom stereocenters. The van der Waals surface area contributed by atoms with E-state index in [9.17, 15) is 12.8 Å². The van der Waals surface area contributed by atoms with Crippen molar-refractivity contribution < 1.29 is 22.3 Å². The van der Waals surface area contributed by atoms with Gasteiger partial charge in [-0.1, -0.05) is 6.07 Å². The molecular formula is C18H15FN2O4S2. The number of benzene rings is 1. The summed E-state index contributed by atoms with van der Waals surface area (Å²) in [7, 11) is -3.75. The maximum absolute atomic E-state index is 13.8. The molecule has 0 saturated heterocycles. The molecule has 0 fully saturated rings. The average molecular weight is 406 g/mol. The van der Waals surface area contributed by atoms with E-state index in [0.29, 0.717) is 22.6 Å². The molecule has 9 heteroatoms. The average Bonchev–Trinajstić information content (AvgIpc) is 3.18. The number of halogens is 1. The first-order chi connectivity index (χ1) is 13.0. The lowest BCUT2D eigenvalue weighted by Gasteiger charge is -2.21. The number of pyridine rings is 1. The van der Waals surface area contributed by atoms with E-state index < -0.39 is 15.8 Å². The Balaban J connectivity index is 1.55. The minimum atomic E-state index is -3.75. The number of nitrogens with zero attached hydrogens (tertiary/aromatic N) is 1. The van der Waals surface area contributed by atoms with Gasteiger partial charge in [0.1, 0.15) is 15.8 Å². The maximum Gasteiger partial charge on any atom is 0.250 e. The summed E-state index contributed by atoms with van der Waals surface area (Å²) in [6.45, 7) is 0.196. The highest BCUT2D eigenvalue weighted by atomic mass is 32.2. The summed E-state index contributed by atoms with van der Waals surface area (Å²) in [6.07, 6.45) is 1.65.